The fraction of sp³-hybridized carbons (Fsp3) is 0.143. The van der Waals surface area contributed by atoms with E-state index in [0.717, 1.165) is 11.1 Å². The molecule has 0 unspecified atom stereocenters. The second-order valence-electron chi connectivity index (χ2n) is 4.56. The molecule has 12 heteroatoms. The van der Waals surface area contributed by atoms with E-state index in [0.29, 0.717) is 0 Å². The average molecular weight is 573 g/mol. The predicted octanol–water partition coefficient (Wildman–Crippen LogP) is 0.971. The Morgan fingerprint density at radius 3 is 1.12 bits per heavy atom. The first-order valence-electron chi connectivity index (χ1n) is 6.26. The number of benzene rings is 2. The summed E-state index contributed by atoms with van der Waals surface area (Å²) in [6.45, 7) is 0. The maximum Gasteiger partial charge on any atom is 4.00 e. The minimum atomic E-state index is -5.17. The third-order valence-electron chi connectivity index (χ3n) is 2.90. The summed E-state index contributed by atoms with van der Waals surface area (Å²) < 4.78 is 59.7. The van der Waals surface area contributed by atoms with Gasteiger partial charge in [-0.3, -0.25) is 8.42 Å². The molecular weight excluding hydrogens is 557 g/mol. The molecule has 8 nitrogen and oxygen atoms in total. The molecule has 2 aromatic rings. The summed E-state index contributed by atoms with van der Waals surface area (Å²) in [5, 5.41) is 0. The van der Waals surface area contributed by atoms with E-state index in [2.05, 4.69) is 0 Å². The van der Waals surface area contributed by atoms with Crippen molar-refractivity contribution in [3.8, 4) is 0 Å². The maximum atomic E-state index is 12.8. The standard InChI is InChI=1S/C14H14F2N2.H2O4S.2H2O.Pt/c15-11-5-1-9(2-6-11)13(17)14(18)10-3-7-12(16)8-4-10;1-5(2,3)4;;;/h1-8,13-14H,17-18H2;(H2,1,2,3,4);2*1H2;/q;;;;+4/p-4/t13-,14-;;;;/m0..../s1. The van der Waals surface area contributed by atoms with Crippen molar-refractivity contribution < 1.29 is 58.3 Å². The van der Waals surface area contributed by atoms with Crippen molar-refractivity contribution >= 4 is 10.4 Å². The van der Waals surface area contributed by atoms with Gasteiger partial charge in [-0.2, -0.15) is 0 Å². The molecule has 0 heterocycles. The molecule has 2 rings (SSSR count). The summed E-state index contributed by atoms with van der Waals surface area (Å²) in [4.78, 5) is 0. The summed E-state index contributed by atoms with van der Waals surface area (Å²) >= 11 is 0. The minimum Gasteiger partial charge on any atom is -0.870 e. The summed E-state index contributed by atoms with van der Waals surface area (Å²) in [7, 11) is -5.17. The van der Waals surface area contributed by atoms with Crippen molar-refractivity contribution in [3.05, 3.63) is 71.3 Å². The summed E-state index contributed by atoms with van der Waals surface area (Å²) in [5.74, 6) is -0.636. The fourth-order valence-corrected chi connectivity index (χ4v) is 1.78. The number of halogens is 2. The van der Waals surface area contributed by atoms with Crippen molar-refractivity contribution in [3.63, 3.8) is 0 Å². The second kappa shape index (κ2) is 13.0. The molecule has 0 saturated heterocycles. The molecule has 0 spiro atoms. The molecule has 26 heavy (non-hydrogen) atoms. The van der Waals surface area contributed by atoms with E-state index in [4.69, 9.17) is 29.0 Å². The van der Waals surface area contributed by atoms with Gasteiger partial charge in [0, 0.05) is 22.5 Å². The van der Waals surface area contributed by atoms with Crippen LogP contribution in [0.4, 0.5) is 8.78 Å². The Morgan fingerprint density at radius 2 is 0.923 bits per heavy atom. The van der Waals surface area contributed by atoms with Crippen LogP contribution in [-0.2, 0) is 31.5 Å². The number of hydrogen-bond acceptors (Lipinski definition) is 8. The molecule has 0 saturated carbocycles. The van der Waals surface area contributed by atoms with Gasteiger partial charge in [-0.1, -0.05) is 24.3 Å². The van der Waals surface area contributed by atoms with Crippen LogP contribution in [0.3, 0.4) is 0 Å². The number of rotatable bonds is 3. The smallest absolute Gasteiger partial charge is 0.870 e. The van der Waals surface area contributed by atoms with Crippen LogP contribution < -0.4 is 11.5 Å². The van der Waals surface area contributed by atoms with Crippen molar-refractivity contribution in [2.24, 2.45) is 11.5 Å². The number of hydrogen-bond donors (Lipinski definition) is 2. The van der Waals surface area contributed by atoms with Crippen molar-refractivity contribution in [1.29, 1.82) is 0 Å². The normalized spacial score (nSPS) is 12.1. The van der Waals surface area contributed by atoms with Crippen molar-refractivity contribution in [2.75, 3.05) is 0 Å². The summed E-state index contributed by atoms with van der Waals surface area (Å²) in [6.07, 6.45) is 0. The van der Waals surface area contributed by atoms with Gasteiger partial charge in [-0.25, -0.2) is 8.78 Å². The zero-order valence-corrected chi connectivity index (χ0v) is 16.0. The van der Waals surface area contributed by atoms with Crippen LogP contribution in [0.5, 0.6) is 0 Å². The van der Waals surface area contributed by atoms with Gasteiger partial charge in [0.05, 0.1) is 0 Å². The van der Waals surface area contributed by atoms with Gasteiger partial charge in [0.1, 0.15) is 11.6 Å². The third kappa shape index (κ3) is 11.3. The molecular formula is C14H16F2N2O6PtS. The van der Waals surface area contributed by atoms with Crippen LogP contribution in [0.25, 0.3) is 0 Å². The van der Waals surface area contributed by atoms with Gasteiger partial charge in [0.25, 0.3) is 0 Å². The molecule has 0 amide bonds. The Morgan fingerprint density at radius 1 is 0.731 bits per heavy atom. The molecule has 148 valence electrons. The molecule has 0 bridgehead atoms. The Kier molecular flexibility index (Phi) is 14.7. The van der Waals surface area contributed by atoms with Crippen LogP contribution in [0, 0.1) is 11.6 Å². The molecule has 0 aliphatic rings. The van der Waals surface area contributed by atoms with Gasteiger partial charge < -0.3 is 31.5 Å². The zero-order valence-electron chi connectivity index (χ0n) is 12.9. The Bertz CT molecular complexity index is 675. The van der Waals surface area contributed by atoms with Gasteiger partial charge in [0.15, 0.2) is 0 Å². The first-order valence-corrected chi connectivity index (χ1v) is 7.60. The molecule has 0 fully saturated rings. The molecule has 0 aromatic heterocycles. The molecule has 2 aromatic carbocycles. The monoisotopic (exact) mass is 573 g/mol. The Labute approximate surface area is 163 Å². The Hall–Kier alpha value is -1.30. The summed E-state index contributed by atoms with van der Waals surface area (Å²) in [5.41, 5.74) is 13.5. The van der Waals surface area contributed by atoms with Gasteiger partial charge in [-0.15, -0.1) is 0 Å². The first-order chi connectivity index (χ1) is 10.6. The quantitative estimate of drug-likeness (QED) is 0.401. The van der Waals surface area contributed by atoms with Crippen LogP contribution in [0.1, 0.15) is 23.2 Å². The molecule has 6 N–H and O–H groups in total. The summed E-state index contributed by atoms with van der Waals surface area (Å²) in [6, 6.07) is 10.8. The predicted molar refractivity (Wildman–Crippen MR) is 81.0 cm³/mol. The van der Waals surface area contributed by atoms with Crippen LogP contribution in [-0.4, -0.2) is 28.5 Å². The van der Waals surface area contributed by atoms with Crippen LogP contribution in [0.15, 0.2) is 48.5 Å². The van der Waals surface area contributed by atoms with E-state index >= 15 is 0 Å². The number of nitrogens with two attached hydrogens (primary N) is 2. The molecule has 0 aliphatic heterocycles. The van der Waals surface area contributed by atoms with E-state index in [1.165, 1.54) is 24.3 Å². The van der Waals surface area contributed by atoms with E-state index < -0.39 is 22.5 Å². The van der Waals surface area contributed by atoms with Gasteiger partial charge >= 0.3 is 21.1 Å². The molecule has 0 aliphatic carbocycles. The van der Waals surface area contributed by atoms with Crippen LogP contribution >= 0.6 is 0 Å². The second-order valence-corrected chi connectivity index (χ2v) is 5.38. The molecule has 2 atom stereocenters. The minimum absolute atomic E-state index is 0. The van der Waals surface area contributed by atoms with Crippen molar-refractivity contribution in [1.82, 2.24) is 0 Å². The van der Waals surface area contributed by atoms with Crippen LogP contribution in [0.2, 0.25) is 0 Å². The third-order valence-corrected chi connectivity index (χ3v) is 2.90. The largest absolute Gasteiger partial charge is 4.00 e. The fourth-order valence-electron chi connectivity index (χ4n) is 1.78. The van der Waals surface area contributed by atoms with E-state index in [1.807, 2.05) is 0 Å². The molecule has 0 radical (unpaired) electrons. The van der Waals surface area contributed by atoms with Crippen molar-refractivity contribution in [2.45, 2.75) is 12.1 Å². The van der Waals surface area contributed by atoms with Gasteiger partial charge in [-0.05, 0) is 35.4 Å². The zero-order chi connectivity index (χ0) is 17.6. The Balaban J connectivity index is -0.000000590. The average Bonchev–Trinajstić information content (AvgIpc) is 2.46. The topological polar surface area (TPSA) is 192 Å². The van der Waals surface area contributed by atoms with E-state index in [1.54, 1.807) is 24.3 Å². The SMILES string of the molecule is N[C@@H](c1ccc(F)cc1)[C@@H](N)c1ccc(F)cc1.O=S(=O)([O-])[O-].[OH-].[OH-].[Pt+4]. The maximum absolute atomic E-state index is 12.8. The van der Waals surface area contributed by atoms with E-state index in [9.17, 15) is 8.78 Å². The van der Waals surface area contributed by atoms with E-state index in [-0.39, 0.29) is 43.7 Å². The first kappa shape index (κ1) is 29.5. The van der Waals surface area contributed by atoms with Gasteiger partial charge in [0.2, 0.25) is 0 Å².